The minimum atomic E-state index is -0.607. The predicted molar refractivity (Wildman–Crippen MR) is 85.0 cm³/mol. The molecular weight excluding hydrogens is 280 g/mol. The maximum atomic E-state index is 12.4. The number of amides is 1. The van der Waals surface area contributed by atoms with Crippen LogP contribution in [-0.2, 0) is 11.8 Å². The van der Waals surface area contributed by atoms with Gasteiger partial charge in [-0.3, -0.25) is 9.69 Å². The maximum absolute atomic E-state index is 12.4. The molecule has 6 nitrogen and oxygen atoms in total. The second-order valence-electron chi connectivity index (χ2n) is 5.63. The lowest BCUT2D eigenvalue weighted by molar-refractivity contribution is -0.124. The molecule has 2 aromatic rings. The van der Waals surface area contributed by atoms with E-state index in [-0.39, 0.29) is 5.91 Å². The van der Waals surface area contributed by atoms with Gasteiger partial charge in [-0.2, -0.15) is 0 Å². The van der Waals surface area contributed by atoms with Gasteiger partial charge in [-0.15, -0.1) is 10.2 Å². The Kier molecular flexibility index (Phi) is 4.80. The summed E-state index contributed by atoms with van der Waals surface area (Å²) in [7, 11) is 3.45. The fraction of sp³-hybridized carbons (Fsp3) is 0.438. The minimum absolute atomic E-state index is 0.175. The molecule has 6 heteroatoms. The summed E-state index contributed by atoms with van der Waals surface area (Å²) >= 11 is 0. The summed E-state index contributed by atoms with van der Waals surface area (Å²) in [5.41, 5.74) is 1.18. The molecule has 0 saturated heterocycles. The van der Waals surface area contributed by atoms with Crippen molar-refractivity contribution in [2.24, 2.45) is 7.05 Å². The van der Waals surface area contributed by atoms with E-state index in [2.05, 4.69) is 30.1 Å². The first-order valence-corrected chi connectivity index (χ1v) is 7.28. The second-order valence-corrected chi connectivity index (χ2v) is 5.63. The van der Waals surface area contributed by atoms with Crippen LogP contribution in [0, 0.1) is 0 Å². The molecule has 1 heterocycles. The Bertz CT molecular complexity index is 651. The van der Waals surface area contributed by atoms with E-state index in [0.29, 0.717) is 17.6 Å². The van der Waals surface area contributed by atoms with Crippen molar-refractivity contribution in [3.8, 4) is 5.75 Å². The highest BCUT2D eigenvalue weighted by molar-refractivity contribution is 5.94. The number of likely N-dealkylation sites (N-methyl/N-ethyl adjacent to an activating group) is 1. The number of carbonyl (C=O) groups is 1. The summed E-state index contributed by atoms with van der Waals surface area (Å²) in [6, 6.07) is 7.82. The summed E-state index contributed by atoms with van der Waals surface area (Å²) in [6.45, 7) is 5.97. The van der Waals surface area contributed by atoms with Crippen LogP contribution >= 0.6 is 0 Å². The molecule has 0 spiro atoms. The number of carbonyl (C=O) groups excluding carboxylic acids is 1. The van der Waals surface area contributed by atoms with Crippen LogP contribution < -0.4 is 9.64 Å². The molecule has 0 fully saturated rings. The normalized spacial score (nSPS) is 12.3. The van der Waals surface area contributed by atoms with E-state index in [1.807, 2.05) is 18.2 Å². The smallest absolute Gasteiger partial charge is 0.269 e. The highest BCUT2D eigenvalue weighted by atomic mass is 16.5. The molecule has 0 bridgehead atoms. The number of benzene rings is 1. The number of hydrogen-bond acceptors (Lipinski definition) is 4. The minimum Gasteiger partial charge on any atom is -0.481 e. The van der Waals surface area contributed by atoms with Crippen molar-refractivity contribution < 1.29 is 9.53 Å². The third-order valence-corrected chi connectivity index (χ3v) is 3.50. The van der Waals surface area contributed by atoms with Gasteiger partial charge in [-0.05, 0) is 30.5 Å². The van der Waals surface area contributed by atoms with Crippen molar-refractivity contribution in [3.63, 3.8) is 0 Å². The molecule has 0 aliphatic rings. The average Bonchev–Trinajstić information content (AvgIpc) is 2.92. The highest BCUT2D eigenvalue weighted by Crippen LogP contribution is 2.21. The van der Waals surface area contributed by atoms with E-state index in [1.165, 1.54) is 10.5 Å². The van der Waals surface area contributed by atoms with E-state index in [1.54, 1.807) is 31.9 Å². The van der Waals surface area contributed by atoms with E-state index >= 15 is 0 Å². The van der Waals surface area contributed by atoms with Gasteiger partial charge >= 0.3 is 0 Å². The number of hydrogen-bond donors (Lipinski definition) is 0. The molecule has 0 aliphatic heterocycles. The number of aryl methyl sites for hydroxylation is 1. The van der Waals surface area contributed by atoms with Crippen molar-refractivity contribution >= 4 is 11.9 Å². The van der Waals surface area contributed by atoms with E-state index in [9.17, 15) is 4.79 Å². The molecule has 0 aliphatic carbocycles. The van der Waals surface area contributed by atoms with Gasteiger partial charge in [-0.1, -0.05) is 26.0 Å². The Morgan fingerprint density at radius 1 is 1.32 bits per heavy atom. The van der Waals surface area contributed by atoms with Crippen molar-refractivity contribution in [2.75, 3.05) is 11.9 Å². The number of nitrogens with zero attached hydrogens (tertiary/aromatic N) is 4. The molecule has 0 unspecified atom stereocenters. The van der Waals surface area contributed by atoms with Crippen LogP contribution in [0.15, 0.2) is 30.6 Å². The molecule has 2 rings (SSSR count). The molecule has 1 aromatic carbocycles. The van der Waals surface area contributed by atoms with Gasteiger partial charge in [-0.25, -0.2) is 0 Å². The molecule has 0 N–H and O–H groups in total. The molecule has 22 heavy (non-hydrogen) atoms. The monoisotopic (exact) mass is 302 g/mol. The lowest BCUT2D eigenvalue weighted by Gasteiger charge is -2.21. The topological polar surface area (TPSA) is 60.2 Å². The average molecular weight is 302 g/mol. The van der Waals surface area contributed by atoms with Gasteiger partial charge in [0.05, 0.1) is 0 Å². The van der Waals surface area contributed by atoms with Crippen LogP contribution in [0.4, 0.5) is 5.95 Å². The number of rotatable bonds is 5. The number of ether oxygens (including phenoxy) is 1. The molecule has 1 atom stereocenters. The molecular formula is C16H22N4O2. The van der Waals surface area contributed by atoms with Crippen LogP contribution in [0.1, 0.15) is 32.3 Å². The summed E-state index contributed by atoms with van der Waals surface area (Å²) in [5, 5.41) is 7.70. The molecule has 1 aromatic heterocycles. The van der Waals surface area contributed by atoms with Crippen LogP contribution in [0.5, 0.6) is 5.75 Å². The first-order valence-electron chi connectivity index (χ1n) is 7.28. The van der Waals surface area contributed by atoms with Crippen molar-refractivity contribution in [3.05, 3.63) is 36.2 Å². The summed E-state index contributed by atoms with van der Waals surface area (Å²) < 4.78 is 7.46. The molecule has 0 saturated carbocycles. The van der Waals surface area contributed by atoms with Gasteiger partial charge in [0, 0.05) is 14.1 Å². The first-order chi connectivity index (χ1) is 10.4. The SMILES string of the molecule is CC(C)c1cccc(O[C@@H](C)C(=O)N(C)c2nncn2C)c1. The van der Waals surface area contributed by atoms with Crippen molar-refractivity contribution in [2.45, 2.75) is 32.8 Å². The van der Waals surface area contributed by atoms with Gasteiger partial charge in [0.15, 0.2) is 6.10 Å². The zero-order valence-corrected chi connectivity index (χ0v) is 13.6. The van der Waals surface area contributed by atoms with Crippen LogP contribution in [-0.4, -0.2) is 33.8 Å². The van der Waals surface area contributed by atoms with Crippen molar-refractivity contribution in [1.29, 1.82) is 0 Å². The largest absolute Gasteiger partial charge is 0.481 e. The van der Waals surface area contributed by atoms with Crippen LogP contribution in [0.25, 0.3) is 0 Å². The fourth-order valence-electron chi connectivity index (χ4n) is 2.15. The first kappa shape index (κ1) is 16.0. The van der Waals surface area contributed by atoms with E-state index in [0.717, 1.165) is 0 Å². The quantitative estimate of drug-likeness (QED) is 0.850. The number of aromatic nitrogens is 3. The Hall–Kier alpha value is -2.37. The Morgan fingerprint density at radius 2 is 2.05 bits per heavy atom. The van der Waals surface area contributed by atoms with Crippen molar-refractivity contribution in [1.82, 2.24) is 14.8 Å². The zero-order chi connectivity index (χ0) is 16.3. The Morgan fingerprint density at radius 3 is 2.64 bits per heavy atom. The zero-order valence-electron chi connectivity index (χ0n) is 13.6. The van der Waals surface area contributed by atoms with Gasteiger partial charge in [0.2, 0.25) is 5.95 Å². The summed E-state index contributed by atoms with van der Waals surface area (Å²) in [5.74, 6) is 1.41. The lowest BCUT2D eigenvalue weighted by Crippen LogP contribution is -2.39. The molecule has 1 amide bonds. The van der Waals surface area contributed by atoms with Crippen LogP contribution in [0.2, 0.25) is 0 Å². The number of anilines is 1. The second kappa shape index (κ2) is 6.60. The van der Waals surface area contributed by atoms with Gasteiger partial charge < -0.3 is 9.30 Å². The Labute approximate surface area is 130 Å². The maximum Gasteiger partial charge on any atom is 0.269 e. The van der Waals surface area contributed by atoms with E-state index in [4.69, 9.17) is 4.74 Å². The third kappa shape index (κ3) is 3.44. The third-order valence-electron chi connectivity index (χ3n) is 3.50. The standard InChI is InChI=1S/C16H22N4O2/c1-11(2)13-7-6-8-14(9-13)22-12(3)15(21)20(5)16-18-17-10-19(16)4/h6-12H,1-5H3/t12-/m0/s1. The predicted octanol–water partition coefficient (Wildman–Crippen LogP) is 2.37. The van der Waals surface area contributed by atoms with Crippen LogP contribution in [0.3, 0.4) is 0 Å². The van der Waals surface area contributed by atoms with Gasteiger partial charge in [0.25, 0.3) is 5.91 Å². The fourth-order valence-corrected chi connectivity index (χ4v) is 2.15. The van der Waals surface area contributed by atoms with Gasteiger partial charge in [0.1, 0.15) is 12.1 Å². The van der Waals surface area contributed by atoms with E-state index < -0.39 is 6.10 Å². The summed E-state index contributed by atoms with van der Waals surface area (Å²) in [6.07, 6.45) is 0.945. The lowest BCUT2D eigenvalue weighted by atomic mass is 10.0. The Balaban J connectivity index is 2.08. The molecule has 0 radical (unpaired) electrons. The highest BCUT2D eigenvalue weighted by Gasteiger charge is 2.23. The summed E-state index contributed by atoms with van der Waals surface area (Å²) in [4.78, 5) is 13.9. The molecule has 118 valence electrons.